The third kappa shape index (κ3) is 7.71. The van der Waals surface area contributed by atoms with Crippen LogP contribution >= 0.6 is 24.0 Å². The molecule has 0 unspecified atom stereocenters. The van der Waals surface area contributed by atoms with Gasteiger partial charge in [-0.05, 0) is 37.0 Å². The van der Waals surface area contributed by atoms with Gasteiger partial charge in [0.15, 0.2) is 5.96 Å². The molecular formula is C20H34FIN4O2. The van der Waals surface area contributed by atoms with Crippen molar-refractivity contribution in [2.45, 2.75) is 31.9 Å². The van der Waals surface area contributed by atoms with Gasteiger partial charge in [0.25, 0.3) is 0 Å². The SMILES string of the molecule is CN=C(NCc1ccc(N(C)C)c(F)c1)N1CCC(OCCCOC)CC1.I. The fourth-order valence-corrected chi connectivity index (χ4v) is 3.22. The van der Waals surface area contributed by atoms with Gasteiger partial charge < -0.3 is 24.6 Å². The van der Waals surface area contributed by atoms with Crippen molar-refractivity contribution in [1.29, 1.82) is 0 Å². The molecule has 8 heteroatoms. The lowest BCUT2D eigenvalue weighted by atomic mass is 10.1. The number of nitrogens with one attached hydrogen (secondary N) is 1. The highest BCUT2D eigenvalue weighted by molar-refractivity contribution is 14.0. The summed E-state index contributed by atoms with van der Waals surface area (Å²) < 4.78 is 25.1. The van der Waals surface area contributed by atoms with Gasteiger partial charge in [-0.2, -0.15) is 0 Å². The number of ether oxygens (including phenoxy) is 2. The fraction of sp³-hybridized carbons (Fsp3) is 0.650. The fourth-order valence-electron chi connectivity index (χ4n) is 3.22. The summed E-state index contributed by atoms with van der Waals surface area (Å²) in [7, 11) is 7.17. The lowest BCUT2D eigenvalue weighted by molar-refractivity contribution is 0.00989. The van der Waals surface area contributed by atoms with Crippen LogP contribution in [-0.2, 0) is 16.0 Å². The minimum atomic E-state index is -0.208. The quantitative estimate of drug-likeness (QED) is 0.253. The van der Waals surface area contributed by atoms with Gasteiger partial charge in [-0.15, -0.1) is 24.0 Å². The molecule has 1 N–H and O–H groups in total. The van der Waals surface area contributed by atoms with Gasteiger partial charge >= 0.3 is 0 Å². The number of benzene rings is 1. The van der Waals surface area contributed by atoms with Crippen molar-refractivity contribution in [3.8, 4) is 0 Å². The molecule has 0 amide bonds. The molecule has 28 heavy (non-hydrogen) atoms. The number of hydrogen-bond acceptors (Lipinski definition) is 4. The first-order valence-corrected chi connectivity index (χ1v) is 9.57. The molecule has 0 spiro atoms. The number of rotatable bonds is 8. The molecule has 1 aromatic carbocycles. The Morgan fingerprint density at radius 1 is 1.29 bits per heavy atom. The Morgan fingerprint density at radius 3 is 2.57 bits per heavy atom. The molecule has 1 aromatic rings. The Kier molecular flexibility index (Phi) is 11.7. The van der Waals surface area contributed by atoms with Crippen LogP contribution in [0.5, 0.6) is 0 Å². The van der Waals surface area contributed by atoms with E-state index in [-0.39, 0.29) is 29.8 Å². The number of hydrogen-bond donors (Lipinski definition) is 1. The van der Waals surface area contributed by atoms with Crippen molar-refractivity contribution < 1.29 is 13.9 Å². The first-order valence-electron chi connectivity index (χ1n) is 9.57. The first kappa shape index (κ1) is 24.9. The van der Waals surface area contributed by atoms with E-state index in [1.807, 2.05) is 26.2 Å². The molecule has 1 aliphatic rings. The van der Waals surface area contributed by atoms with Gasteiger partial charge in [0, 0.05) is 61.1 Å². The number of guanidine groups is 1. The predicted octanol–water partition coefficient (Wildman–Crippen LogP) is 3.10. The molecule has 2 rings (SSSR count). The number of methoxy groups -OCH3 is 1. The van der Waals surface area contributed by atoms with Crippen molar-refractivity contribution in [3.63, 3.8) is 0 Å². The van der Waals surface area contributed by atoms with Crippen LogP contribution < -0.4 is 10.2 Å². The van der Waals surface area contributed by atoms with E-state index in [0.29, 0.717) is 18.3 Å². The first-order chi connectivity index (χ1) is 13.0. The second kappa shape index (κ2) is 13.2. The molecule has 1 fully saturated rings. The molecule has 160 valence electrons. The van der Waals surface area contributed by atoms with Crippen molar-refractivity contribution in [2.75, 3.05) is 59.5 Å². The average Bonchev–Trinajstić information content (AvgIpc) is 2.66. The summed E-state index contributed by atoms with van der Waals surface area (Å²) >= 11 is 0. The predicted molar refractivity (Wildman–Crippen MR) is 123 cm³/mol. The van der Waals surface area contributed by atoms with Crippen LogP contribution in [-0.4, -0.2) is 71.5 Å². The molecule has 1 aliphatic heterocycles. The van der Waals surface area contributed by atoms with Crippen LogP contribution in [0.15, 0.2) is 23.2 Å². The van der Waals surface area contributed by atoms with Gasteiger partial charge in [0.05, 0.1) is 11.8 Å². The monoisotopic (exact) mass is 508 g/mol. The smallest absolute Gasteiger partial charge is 0.193 e. The lowest BCUT2D eigenvalue weighted by Crippen LogP contribution is -2.46. The Morgan fingerprint density at radius 2 is 2.00 bits per heavy atom. The highest BCUT2D eigenvalue weighted by atomic mass is 127. The van der Waals surface area contributed by atoms with Crippen LogP contribution in [0.2, 0.25) is 0 Å². The maximum absolute atomic E-state index is 14.1. The topological polar surface area (TPSA) is 49.3 Å². The maximum atomic E-state index is 14.1. The summed E-state index contributed by atoms with van der Waals surface area (Å²) in [6.45, 7) is 3.85. The van der Waals surface area contributed by atoms with E-state index in [1.165, 1.54) is 0 Å². The third-order valence-corrected chi connectivity index (χ3v) is 4.74. The van der Waals surface area contributed by atoms with Crippen LogP contribution in [0, 0.1) is 5.82 Å². The molecule has 0 saturated carbocycles. The Balaban J connectivity index is 0.00000392. The van der Waals surface area contributed by atoms with Crippen LogP contribution in [0.25, 0.3) is 0 Å². The zero-order valence-corrected chi connectivity index (χ0v) is 19.7. The van der Waals surface area contributed by atoms with E-state index in [4.69, 9.17) is 9.47 Å². The lowest BCUT2D eigenvalue weighted by Gasteiger charge is -2.34. The van der Waals surface area contributed by atoms with Gasteiger partial charge in [0.1, 0.15) is 5.82 Å². The van der Waals surface area contributed by atoms with Gasteiger partial charge in [-0.25, -0.2) is 4.39 Å². The zero-order valence-electron chi connectivity index (χ0n) is 17.4. The van der Waals surface area contributed by atoms with E-state index in [9.17, 15) is 4.39 Å². The molecule has 0 aliphatic carbocycles. The van der Waals surface area contributed by atoms with Crippen LogP contribution in [0.1, 0.15) is 24.8 Å². The second-order valence-corrected chi connectivity index (χ2v) is 6.98. The number of anilines is 1. The van der Waals surface area contributed by atoms with Gasteiger partial charge in [0.2, 0.25) is 0 Å². The standard InChI is InChI=1S/C20H33FN4O2.HI/c1-22-20(23-15-16-6-7-19(24(2)3)18(21)14-16)25-10-8-17(9-11-25)27-13-5-12-26-4;/h6-7,14,17H,5,8-13,15H2,1-4H3,(H,22,23);1H. The summed E-state index contributed by atoms with van der Waals surface area (Å²) in [4.78, 5) is 8.39. The molecule has 1 saturated heterocycles. The summed E-state index contributed by atoms with van der Waals surface area (Å²) in [5, 5.41) is 3.34. The van der Waals surface area contributed by atoms with Crippen molar-refractivity contribution in [1.82, 2.24) is 10.2 Å². The van der Waals surface area contributed by atoms with Crippen molar-refractivity contribution in [2.24, 2.45) is 4.99 Å². The van der Waals surface area contributed by atoms with E-state index in [1.54, 1.807) is 25.1 Å². The van der Waals surface area contributed by atoms with Crippen LogP contribution in [0.3, 0.4) is 0 Å². The minimum absolute atomic E-state index is 0. The molecule has 0 aromatic heterocycles. The number of aliphatic imine (C=N–C) groups is 1. The summed E-state index contributed by atoms with van der Waals surface area (Å²) in [6.07, 6.45) is 3.21. The number of likely N-dealkylation sites (tertiary alicyclic amines) is 1. The highest BCUT2D eigenvalue weighted by Gasteiger charge is 2.21. The Hall–Kier alpha value is -1.13. The van der Waals surface area contributed by atoms with Gasteiger partial charge in [-0.3, -0.25) is 4.99 Å². The van der Waals surface area contributed by atoms with Crippen molar-refractivity contribution in [3.05, 3.63) is 29.6 Å². The largest absolute Gasteiger partial charge is 0.385 e. The summed E-state index contributed by atoms with van der Waals surface area (Å²) in [6, 6.07) is 5.33. The van der Waals surface area contributed by atoms with E-state index in [2.05, 4.69) is 15.2 Å². The van der Waals surface area contributed by atoms with Crippen LogP contribution in [0.4, 0.5) is 10.1 Å². The number of nitrogens with zero attached hydrogens (tertiary/aromatic N) is 3. The zero-order chi connectivity index (χ0) is 19.6. The molecule has 6 nitrogen and oxygen atoms in total. The highest BCUT2D eigenvalue weighted by Crippen LogP contribution is 2.18. The molecule has 0 radical (unpaired) electrons. The molecular weight excluding hydrogens is 474 g/mol. The van der Waals surface area contributed by atoms with Crippen molar-refractivity contribution >= 4 is 35.6 Å². The van der Waals surface area contributed by atoms with E-state index < -0.39 is 0 Å². The summed E-state index contributed by atoms with van der Waals surface area (Å²) in [5.41, 5.74) is 1.49. The molecule has 0 atom stereocenters. The van der Waals surface area contributed by atoms with E-state index >= 15 is 0 Å². The minimum Gasteiger partial charge on any atom is -0.385 e. The molecule has 1 heterocycles. The normalized spacial score (nSPS) is 15.3. The Labute approximate surface area is 185 Å². The van der Waals surface area contributed by atoms with Gasteiger partial charge in [-0.1, -0.05) is 6.07 Å². The van der Waals surface area contributed by atoms with E-state index in [0.717, 1.165) is 57.1 Å². The summed E-state index contributed by atoms with van der Waals surface area (Å²) in [5.74, 6) is 0.644. The average molecular weight is 508 g/mol. The Bertz CT molecular complexity index is 608. The molecule has 0 bridgehead atoms. The third-order valence-electron chi connectivity index (χ3n) is 4.74. The maximum Gasteiger partial charge on any atom is 0.193 e. The second-order valence-electron chi connectivity index (χ2n) is 6.98. The number of halogens is 2. The number of piperidine rings is 1.